The van der Waals surface area contributed by atoms with Crippen LogP contribution in [0.2, 0.25) is 0 Å². The standard InChI is InChI=1S/C13H9F3N4S/c14-13(15,16)7-3-4-18-11(5-7)21-12-19-9-2-1-8(17)6-10(9)20-12/h1-6H,17H2,(H,19,20). The van der Waals surface area contributed by atoms with Gasteiger partial charge in [0.25, 0.3) is 0 Å². The summed E-state index contributed by atoms with van der Waals surface area (Å²) in [5, 5.41) is 0.680. The number of nitrogens with one attached hydrogen (secondary N) is 1. The quantitative estimate of drug-likeness (QED) is 0.708. The summed E-state index contributed by atoms with van der Waals surface area (Å²) in [6.07, 6.45) is -3.26. The van der Waals surface area contributed by atoms with Crippen LogP contribution in [0, 0.1) is 0 Å². The fraction of sp³-hybridized carbons (Fsp3) is 0.0769. The van der Waals surface area contributed by atoms with E-state index in [1.165, 1.54) is 0 Å². The van der Waals surface area contributed by atoms with Crippen molar-refractivity contribution in [1.82, 2.24) is 15.0 Å². The van der Waals surface area contributed by atoms with Gasteiger partial charge >= 0.3 is 6.18 Å². The van der Waals surface area contributed by atoms with Gasteiger partial charge in [0.2, 0.25) is 0 Å². The summed E-state index contributed by atoms with van der Waals surface area (Å²) in [6.45, 7) is 0. The van der Waals surface area contributed by atoms with Gasteiger partial charge < -0.3 is 10.7 Å². The average Bonchev–Trinajstić information content (AvgIpc) is 2.79. The molecule has 0 radical (unpaired) electrons. The zero-order valence-corrected chi connectivity index (χ0v) is 11.3. The molecule has 0 aliphatic heterocycles. The van der Waals surface area contributed by atoms with Crippen LogP contribution in [0.4, 0.5) is 18.9 Å². The summed E-state index contributed by atoms with van der Waals surface area (Å²) < 4.78 is 37.9. The molecule has 2 aromatic heterocycles. The molecule has 8 heteroatoms. The Morgan fingerprint density at radius 3 is 2.71 bits per heavy atom. The van der Waals surface area contributed by atoms with Crippen molar-refractivity contribution in [2.45, 2.75) is 16.4 Å². The van der Waals surface area contributed by atoms with E-state index in [-0.39, 0.29) is 5.03 Å². The Morgan fingerprint density at radius 2 is 1.95 bits per heavy atom. The molecule has 3 rings (SSSR count). The summed E-state index contributed by atoms with van der Waals surface area (Å²) in [4.78, 5) is 11.2. The highest BCUT2D eigenvalue weighted by Gasteiger charge is 2.30. The molecular weight excluding hydrogens is 301 g/mol. The summed E-state index contributed by atoms with van der Waals surface area (Å²) in [6, 6.07) is 7.09. The second-order valence-electron chi connectivity index (χ2n) is 4.30. The second kappa shape index (κ2) is 4.96. The zero-order valence-electron chi connectivity index (χ0n) is 10.5. The third-order valence-corrected chi connectivity index (χ3v) is 3.57. The summed E-state index contributed by atoms with van der Waals surface area (Å²) >= 11 is 1.03. The molecule has 0 unspecified atom stereocenters. The Hall–Kier alpha value is -2.22. The molecular formula is C13H9F3N4S. The topological polar surface area (TPSA) is 67.6 Å². The first-order chi connectivity index (χ1) is 9.91. The van der Waals surface area contributed by atoms with Gasteiger partial charge in [-0.05, 0) is 42.1 Å². The minimum atomic E-state index is -4.39. The van der Waals surface area contributed by atoms with E-state index in [0.717, 1.165) is 35.6 Å². The minimum Gasteiger partial charge on any atom is -0.399 e. The van der Waals surface area contributed by atoms with Crippen LogP contribution in [0.1, 0.15) is 5.56 Å². The number of halogens is 3. The van der Waals surface area contributed by atoms with Gasteiger partial charge in [-0.2, -0.15) is 13.2 Å². The van der Waals surface area contributed by atoms with Crippen molar-refractivity contribution in [3.05, 3.63) is 42.1 Å². The molecule has 0 bridgehead atoms. The molecule has 4 nitrogen and oxygen atoms in total. The summed E-state index contributed by atoms with van der Waals surface area (Å²) in [5.74, 6) is 0. The van der Waals surface area contributed by atoms with Crippen LogP contribution in [0.3, 0.4) is 0 Å². The number of hydrogen-bond donors (Lipinski definition) is 2. The number of alkyl halides is 3. The Balaban J connectivity index is 1.91. The molecule has 0 saturated carbocycles. The van der Waals surface area contributed by atoms with Crippen LogP contribution >= 0.6 is 11.8 Å². The number of fused-ring (bicyclic) bond motifs is 1. The van der Waals surface area contributed by atoms with Crippen LogP contribution < -0.4 is 5.73 Å². The first kappa shape index (κ1) is 13.7. The van der Waals surface area contributed by atoms with Gasteiger partial charge in [0.1, 0.15) is 5.03 Å². The van der Waals surface area contributed by atoms with Crippen LogP contribution in [0.5, 0.6) is 0 Å². The molecule has 0 fully saturated rings. The fourth-order valence-corrected chi connectivity index (χ4v) is 2.60. The number of nitrogens with zero attached hydrogens (tertiary/aromatic N) is 2. The molecule has 0 atom stereocenters. The highest BCUT2D eigenvalue weighted by molar-refractivity contribution is 7.99. The number of benzene rings is 1. The zero-order chi connectivity index (χ0) is 15.0. The molecule has 1 aromatic carbocycles. The maximum atomic E-state index is 12.6. The van der Waals surface area contributed by atoms with Gasteiger partial charge in [0.15, 0.2) is 5.16 Å². The lowest BCUT2D eigenvalue weighted by Crippen LogP contribution is -2.05. The lowest BCUT2D eigenvalue weighted by Gasteiger charge is -2.06. The number of hydrogen-bond acceptors (Lipinski definition) is 4. The number of imidazole rings is 1. The first-order valence-electron chi connectivity index (χ1n) is 5.88. The van der Waals surface area contributed by atoms with Crippen LogP contribution in [0.25, 0.3) is 11.0 Å². The highest BCUT2D eigenvalue weighted by atomic mass is 32.2. The number of anilines is 1. The normalized spacial score (nSPS) is 12.0. The molecule has 0 amide bonds. The van der Waals surface area contributed by atoms with E-state index < -0.39 is 11.7 Å². The fourth-order valence-electron chi connectivity index (χ4n) is 1.79. The summed E-state index contributed by atoms with van der Waals surface area (Å²) in [5.41, 5.74) is 6.93. The van der Waals surface area contributed by atoms with Gasteiger partial charge in [-0.25, -0.2) is 9.97 Å². The Morgan fingerprint density at radius 1 is 1.14 bits per heavy atom. The van der Waals surface area contributed by atoms with E-state index in [4.69, 9.17) is 5.73 Å². The van der Waals surface area contributed by atoms with E-state index in [2.05, 4.69) is 15.0 Å². The molecule has 108 valence electrons. The number of aromatic amines is 1. The van der Waals surface area contributed by atoms with Crippen molar-refractivity contribution in [1.29, 1.82) is 0 Å². The molecule has 0 saturated heterocycles. The number of aromatic nitrogens is 3. The maximum absolute atomic E-state index is 12.6. The molecule has 0 aliphatic carbocycles. The smallest absolute Gasteiger partial charge is 0.399 e. The number of rotatable bonds is 2. The van der Waals surface area contributed by atoms with E-state index >= 15 is 0 Å². The van der Waals surface area contributed by atoms with Crippen molar-refractivity contribution in [2.75, 3.05) is 5.73 Å². The molecule has 3 aromatic rings. The predicted octanol–water partition coefficient (Wildman–Crippen LogP) is 3.71. The van der Waals surface area contributed by atoms with Gasteiger partial charge in [-0.15, -0.1) is 0 Å². The molecule has 3 N–H and O–H groups in total. The van der Waals surface area contributed by atoms with Crippen molar-refractivity contribution >= 4 is 28.5 Å². The van der Waals surface area contributed by atoms with Crippen molar-refractivity contribution in [2.24, 2.45) is 0 Å². The Labute approximate surface area is 121 Å². The average molecular weight is 310 g/mol. The summed E-state index contributed by atoms with van der Waals surface area (Å²) in [7, 11) is 0. The number of nitrogen functional groups attached to an aromatic ring is 1. The Bertz CT molecular complexity index is 797. The molecule has 0 aliphatic rings. The Kier molecular flexibility index (Phi) is 3.25. The SMILES string of the molecule is Nc1ccc2nc(Sc3cc(C(F)(F)F)ccn3)[nH]c2c1. The third kappa shape index (κ3) is 2.94. The predicted molar refractivity (Wildman–Crippen MR) is 73.9 cm³/mol. The molecule has 21 heavy (non-hydrogen) atoms. The van der Waals surface area contributed by atoms with E-state index in [0.29, 0.717) is 16.4 Å². The van der Waals surface area contributed by atoms with Crippen LogP contribution in [-0.2, 0) is 6.18 Å². The van der Waals surface area contributed by atoms with Crippen LogP contribution in [-0.4, -0.2) is 15.0 Å². The lowest BCUT2D eigenvalue weighted by atomic mass is 10.3. The van der Waals surface area contributed by atoms with Gasteiger partial charge in [0, 0.05) is 11.9 Å². The van der Waals surface area contributed by atoms with Gasteiger partial charge in [-0.1, -0.05) is 0 Å². The maximum Gasteiger partial charge on any atom is 0.416 e. The van der Waals surface area contributed by atoms with Gasteiger partial charge in [0.05, 0.1) is 16.6 Å². The van der Waals surface area contributed by atoms with Crippen LogP contribution in [0.15, 0.2) is 46.7 Å². The first-order valence-corrected chi connectivity index (χ1v) is 6.70. The number of pyridine rings is 1. The number of nitrogens with two attached hydrogens (primary N) is 1. The van der Waals surface area contributed by atoms with E-state index in [9.17, 15) is 13.2 Å². The van der Waals surface area contributed by atoms with Crippen molar-refractivity contribution < 1.29 is 13.2 Å². The monoisotopic (exact) mass is 310 g/mol. The minimum absolute atomic E-state index is 0.219. The van der Waals surface area contributed by atoms with E-state index in [1.807, 2.05) is 0 Å². The van der Waals surface area contributed by atoms with E-state index in [1.54, 1.807) is 18.2 Å². The van der Waals surface area contributed by atoms with Crippen molar-refractivity contribution in [3.63, 3.8) is 0 Å². The lowest BCUT2D eigenvalue weighted by molar-refractivity contribution is -0.137. The molecule has 0 spiro atoms. The number of H-pyrrole nitrogens is 1. The van der Waals surface area contributed by atoms with Gasteiger partial charge in [-0.3, -0.25) is 0 Å². The largest absolute Gasteiger partial charge is 0.416 e. The molecule has 2 heterocycles. The second-order valence-corrected chi connectivity index (χ2v) is 5.31. The van der Waals surface area contributed by atoms with Crippen molar-refractivity contribution in [3.8, 4) is 0 Å². The third-order valence-electron chi connectivity index (χ3n) is 2.75. The highest BCUT2D eigenvalue weighted by Crippen LogP contribution is 2.33.